The SMILES string of the molecule is C1=CCCC(C2NC(c3ccc4sc5cccc(-c6cccc7oc8ccc(-n9c%10ccccc%10c%10ccccc%109)cc8c67)c5c4c3)=NC(c3ccccc3)N2)=C1. The van der Waals surface area contributed by atoms with Gasteiger partial charge in [0.15, 0.2) is 0 Å². The van der Waals surface area contributed by atoms with Crippen molar-refractivity contribution in [2.75, 3.05) is 0 Å². The van der Waals surface area contributed by atoms with Gasteiger partial charge in [-0.05, 0) is 95.8 Å². The van der Waals surface area contributed by atoms with E-state index in [0.717, 1.165) is 57.4 Å². The second-order valence-corrected chi connectivity index (χ2v) is 16.1. The van der Waals surface area contributed by atoms with Crippen molar-refractivity contribution >= 4 is 81.1 Å². The lowest BCUT2D eigenvalue weighted by molar-refractivity contribution is 0.429. The van der Waals surface area contributed by atoms with E-state index < -0.39 is 0 Å². The molecular weight excluding hydrogens is 717 g/mol. The van der Waals surface area contributed by atoms with Gasteiger partial charge in [-0.1, -0.05) is 109 Å². The summed E-state index contributed by atoms with van der Waals surface area (Å²) in [4.78, 5) is 5.29. The monoisotopic (exact) mass is 752 g/mol. The Bertz CT molecular complexity index is 3270. The largest absolute Gasteiger partial charge is 0.456 e. The molecule has 0 saturated carbocycles. The molecule has 0 fully saturated rings. The predicted molar refractivity (Wildman–Crippen MR) is 239 cm³/mol. The average molecular weight is 753 g/mol. The number of nitrogens with zero attached hydrogens (tertiary/aromatic N) is 2. The summed E-state index contributed by atoms with van der Waals surface area (Å²) in [5.74, 6) is 0.905. The highest BCUT2D eigenvalue weighted by Crippen LogP contribution is 2.45. The molecule has 2 aliphatic rings. The standard InChI is InChI=1S/C51H36N4OS/c1-3-13-31(14-4-1)49-52-50(32-15-5-2-6-16-32)54-51(53-49)33-25-28-45-40(29-33)48-38(20-12-24-46(48)57-45)37-19-11-23-44-47(37)39-30-34(26-27-43(39)56-44)55-41-21-9-7-17-35(41)36-18-8-10-22-42(36)55/h1-5,7-15,17-30,49-50,52H,6,16H2,(H,53,54). The van der Waals surface area contributed by atoms with Crippen molar-refractivity contribution in [2.24, 2.45) is 4.99 Å². The highest BCUT2D eigenvalue weighted by atomic mass is 32.1. The minimum absolute atomic E-state index is 0.0162. The van der Waals surface area contributed by atoms with Crippen molar-refractivity contribution < 1.29 is 4.42 Å². The smallest absolute Gasteiger partial charge is 0.136 e. The van der Waals surface area contributed by atoms with Crippen LogP contribution in [-0.4, -0.2) is 16.6 Å². The lowest BCUT2D eigenvalue weighted by Gasteiger charge is -2.34. The fraction of sp³-hybridized carbons (Fsp3) is 0.0784. The third-order valence-corrected chi connectivity index (χ3v) is 12.9. The van der Waals surface area contributed by atoms with Crippen LogP contribution in [-0.2, 0) is 0 Å². The first-order valence-corrected chi connectivity index (χ1v) is 20.5. The van der Waals surface area contributed by atoms with Gasteiger partial charge >= 0.3 is 0 Å². The molecule has 57 heavy (non-hydrogen) atoms. The molecule has 0 spiro atoms. The number of furan rings is 1. The summed E-state index contributed by atoms with van der Waals surface area (Å²) >= 11 is 1.84. The number of para-hydroxylation sites is 2. The Labute approximate surface area is 332 Å². The van der Waals surface area contributed by atoms with Gasteiger partial charge in [0, 0.05) is 53.0 Å². The molecular formula is C51H36N4OS. The Morgan fingerprint density at radius 2 is 1.40 bits per heavy atom. The molecule has 7 aromatic carbocycles. The topological polar surface area (TPSA) is 54.5 Å². The van der Waals surface area contributed by atoms with Crippen LogP contribution in [0.25, 0.3) is 80.7 Å². The minimum atomic E-state index is -0.163. The first-order chi connectivity index (χ1) is 28.2. The van der Waals surface area contributed by atoms with Gasteiger partial charge in [-0.3, -0.25) is 5.32 Å². The number of benzene rings is 7. The van der Waals surface area contributed by atoms with Crippen molar-refractivity contribution in [1.29, 1.82) is 0 Å². The maximum atomic E-state index is 6.60. The van der Waals surface area contributed by atoms with E-state index in [1.807, 2.05) is 11.3 Å². The van der Waals surface area contributed by atoms with E-state index in [0.29, 0.717) is 0 Å². The zero-order valence-electron chi connectivity index (χ0n) is 30.9. The molecule has 2 unspecified atom stereocenters. The number of allylic oxidation sites excluding steroid dienone is 3. The van der Waals surface area contributed by atoms with Crippen molar-refractivity contribution in [1.82, 2.24) is 15.2 Å². The maximum Gasteiger partial charge on any atom is 0.136 e. The van der Waals surface area contributed by atoms with Gasteiger partial charge in [0.1, 0.15) is 29.3 Å². The van der Waals surface area contributed by atoms with E-state index in [1.54, 1.807) is 0 Å². The number of amidine groups is 1. The quantitative estimate of drug-likeness (QED) is 0.184. The fourth-order valence-electron chi connectivity index (χ4n) is 9.14. The van der Waals surface area contributed by atoms with Crippen LogP contribution in [0.4, 0.5) is 0 Å². The lowest BCUT2D eigenvalue weighted by atomic mass is 9.95. The van der Waals surface area contributed by atoms with E-state index in [-0.39, 0.29) is 12.3 Å². The highest BCUT2D eigenvalue weighted by molar-refractivity contribution is 7.26. The number of aromatic nitrogens is 1. The fourth-order valence-corrected chi connectivity index (χ4v) is 10.3. The van der Waals surface area contributed by atoms with Crippen LogP contribution in [0.1, 0.15) is 30.1 Å². The molecule has 5 nitrogen and oxygen atoms in total. The van der Waals surface area contributed by atoms with Crippen LogP contribution in [0.2, 0.25) is 0 Å². The van der Waals surface area contributed by atoms with Gasteiger partial charge in [0.05, 0.1) is 11.0 Å². The molecule has 0 bridgehead atoms. The molecule has 1 aliphatic heterocycles. The van der Waals surface area contributed by atoms with Gasteiger partial charge in [-0.15, -0.1) is 11.3 Å². The first-order valence-electron chi connectivity index (χ1n) is 19.7. The van der Waals surface area contributed by atoms with E-state index in [1.165, 1.54) is 58.7 Å². The highest BCUT2D eigenvalue weighted by Gasteiger charge is 2.27. The molecule has 272 valence electrons. The second kappa shape index (κ2) is 12.9. The summed E-state index contributed by atoms with van der Waals surface area (Å²) in [6.07, 6.45) is 8.53. The van der Waals surface area contributed by atoms with Crippen LogP contribution in [0.5, 0.6) is 0 Å². The zero-order chi connectivity index (χ0) is 37.5. The zero-order valence-corrected chi connectivity index (χ0v) is 31.8. The average Bonchev–Trinajstić information content (AvgIpc) is 3.96. The number of hydrogen-bond acceptors (Lipinski definition) is 5. The molecule has 3 aromatic heterocycles. The molecule has 1 aliphatic carbocycles. The Balaban J connectivity index is 1.03. The number of thiophene rings is 1. The Morgan fingerprint density at radius 3 is 2.21 bits per heavy atom. The molecule has 6 heteroatoms. The Hall–Kier alpha value is -6.73. The Morgan fingerprint density at radius 1 is 0.632 bits per heavy atom. The van der Waals surface area contributed by atoms with Crippen LogP contribution in [0, 0.1) is 0 Å². The maximum absolute atomic E-state index is 6.60. The number of rotatable bonds is 5. The van der Waals surface area contributed by atoms with Gasteiger partial charge in [-0.25, -0.2) is 4.99 Å². The Kier molecular flexibility index (Phi) is 7.37. The molecule has 0 amide bonds. The summed E-state index contributed by atoms with van der Waals surface area (Å²) < 4.78 is 11.5. The van der Waals surface area contributed by atoms with Crippen molar-refractivity contribution in [3.05, 3.63) is 187 Å². The normalized spacial score (nSPS) is 17.2. The first kappa shape index (κ1) is 32.5. The van der Waals surface area contributed by atoms with E-state index in [9.17, 15) is 0 Å². The van der Waals surface area contributed by atoms with Crippen LogP contribution >= 0.6 is 11.3 Å². The number of fused-ring (bicyclic) bond motifs is 9. The van der Waals surface area contributed by atoms with Gasteiger partial charge in [0.25, 0.3) is 0 Å². The number of nitrogens with one attached hydrogen (secondary N) is 2. The summed E-state index contributed by atoms with van der Waals surface area (Å²) in [5.41, 5.74) is 11.2. The van der Waals surface area contributed by atoms with E-state index in [4.69, 9.17) is 9.41 Å². The lowest BCUT2D eigenvalue weighted by Crippen LogP contribution is -2.52. The van der Waals surface area contributed by atoms with Crippen LogP contribution < -0.4 is 10.6 Å². The summed E-state index contributed by atoms with van der Waals surface area (Å²) in [7, 11) is 0. The summed E-state index contributed by atoms with van der Waals surface area (Å²) in [6, 6.07) is 54.6. The van der Waals surface area contributed by atoms with E-state index in [2.05, 4.69) is 185 Å². The predicted octanol–water partition coefficient (Wildman–Crippen LogP) is 13.0. The molecule has 10 aromatic rings. The minimum Gasteiger partial charge on any atom is -0.456 e. The van der Waals surface area contributed by atoms with Crippen LogP contribution in [0.3, 0.4) is 0 Å². The van der Waals surface area contributed by atoms with Crippen molar-refractivity contribution in [3.8, 4) is 16.8 Å². The number of aliphatic imine (C=N–C) groups is 1. The van der Waals surface area contributed by atoms with Crippen molar-refractivity contribution in [3.63, 3.8) is 0 Å². The third kappa shape index (κ3) is 5.22. The molecule has 0 radical (unpaired) electrons. The molecule has 4 heterocycles. The van der Waals surface area contributed by atoms with Gasteiger partial charge in [-0.2, -0.15) is 0 Å². The summed E-state index contributed by atoms with van der Waals surface area (Å²) in [6.45, 7) is 0. The second-order valence-electron chi connectivity index (χ2n) is 15.1. The van der Waals surface area contributed by atoms with Crippen LogP contribution in [0.15, 0.2) is 185 Å². The number of hydrogen-bond donors (Lipinski definition) is 2. The van der Waals surface area contributed by atoms with Gasteiger partial charge in [0.2, 0.25) is 0 Å². The molecule has 12 rings (SSSR count). The van der Waals surface area contributed by atoms with Gasteiger partial charge < -0.3 is 14.3 Å². The van der Waals surface area contributed by atoms with E-state index >= 15 is 0 Å². The van der Waals surface area contributed by atoms with Crippen molar-refractivity contribution in [2.45, 2.75) is 25.2 Å². The molecule has 2 N–H and O–H groups in total. The molecule has 2 atom stereocenters. The molecule has 0 saturated heterocycles. The summed E-state index contributed by atoms with van der Waals surface area (Å²) in [5, 5.41) is 14.8. The third-order valence-electron chi connectivity index (χ3n) is 11.8.